The highest BCUT2D eigenvalue weighted by atomic mass is 16.5. The smallest absolute Gasteiger partial charge is 0.0615 e. The molecule has 0 aliphatic heterocycles. The Hall–Kier alpha value is -0.160. The summed E-state index contributed by atoms with van der Waals surface area (Å²) in [6.45, 7) is 7.89. The van der Waals surface area contributed by atoms with E-state index in [9.17, 15) is 0 Å². The number of nitrogens with zero attached hydrogens (tertiary/aromatic N) is 1. The molecule has 104 valence electrons. The quantitative estimate of drug-likeness (QED) is 0.561. The van der Waals surface area contributed by atoms with Crippen molar-refractivity contribution in [1.82, 2.24) is 4.90 Å². The van der Waals surface area contributed by atoms with Gasteiger partial charge in [0.25, 0.3) is 0 Å². The first kappa shape index (κ1) is 16.8. The molecule has 0 rings (SSSR count). The second-order valence-corrected chi connectivity index (χ2v) is 4.81. The van der Waals surface area contributed by atoms with Crippen LogP contribution in [0.25, 0.3) is 0 Å². The van der Waals surface area contributed by atoms with Crippen molar-refractivity contribution in [2.75, 3.05) is 40.5 Å². The lowest BCUT2D eigenvalue weighted by atomic mass is 10.1. The van der Waals surface area contributed by atoms with Gasteiger partial charge in [0.1, 0.15) is 0 Å². The summed E-state index contributed by atoms with van der Waals surface area (Å²) in [4.78, 5) is 2.42. The zero-order chi connectivity index (χ0) is 13.1. The van der Waals surface area contributed by atoms with Crippen molar-refractivity contribution in [3.8, 4) is 0 Å². The van der Waals surface area contributed by atoms with Crippen molar-refractivity contribution in [2.24, 2.45) is 5.73 Å². The maximum atomic E-state index is 5.74. The molecule has 0 saturated carbocycles. The summed E-state index contributed by atoms with van der Waals surface area (Å²) >= 11 is 0. The Labute approximate surface area is 106 Å². The van der Waals surface area contributed by atoms with E-state index in [1.165, 1.54) is 12.8 Å². The molecule has 0 radical (unpaired) electrons. The van der Waals surface area contributed by atoms with Crippen LogP contribution < -0.4 is 5.73 Å². The number of nitrogens with two attached hydrogens (primary N) is 1. The van der Waals surface area contributed by atoms with Crippen LogP contribution in [0, 0.1) is 0 Å². The number of hydrogen-bond acceptors (Lipinski definition) is 4. The first-order valence-electron chi connectivity index (χ1n) is 6.59. The van der Waals surface area contributed by atoms with Crippen molar-refractivity contribution in [3.63, 3.8) is 0 Å². The summed E-state index contributed by atoms with van der Waals surface area (Å²) in [6, 6.07) is 0.768. The molecule has 2 atom stereocenters. The lowest BCUT2D eigenvalue weighted by molar-refractivity contribution is 0.0739. The average molecular weight is 246 g/mol. The van der Waals surface area contributed by atoms with Crippen LogP contribution in [0.4, 0.5) is 0 Å². The molecular weight excluding hydrogens is 216 g/mol. The van der Waals surface area contributed by atoms with Crippen molar-refractivity contribution in [2.45, 2.75) is 45.2 Å². The largest absolute Gasteiger partial charge is 0.383 e. The molecule has 0 heterocycles. The third-order valence-electron chi connectivity index (χ3n) is 2.97. The van der Waals surface area contributed by atoms with Crippen molar-refractivity contribution >= 4 is 0 Å². The third-order valence-corrected chi connectivity index (χ3v) is 2.97. The molecule has 0 amide bonds. The van der Waals surface area contributed by atoms with E-state index in [-0.39, 0.29) is 0 Å². The highest BCUT2D eigenvalue weighted by Crippen LogP contribution is 2.05. The molecule has 2 unspecified atom stereocenters. The lowest BCUT2D eigenvalue weighted by Gasteiger charge is -2.28. The normalized spacial score (nSPS) is 15.2. The molecule has 0 aromatic rings. The van der Waals surface area contributed by atoms with E-state index in [1.54, 1.807) is 14.2 Å². The Morgan fingerprint density at radius 2 is 1.76 bits per heavy atom. The molecule has 0 aliphatic carbocycles. The first-order valence-corrected chi connectivity index (χ1v) is 6.59. The molecule has 0 spiro atoms. The van der Waals surface area contributed by atoms with Crippen LogP contribution in [-0.2, 0) is 9.47 Å². The highest BCUT2D eigenvalue weighted by molar-refractivity contribution is 4.67. The number of hydrogen-bond donors (Lipinski definition) is 1. The van der Waals surface area contributed by atoms with E-state index in [0.29, 0.717) is 12.1 Å². The van der Waals surface area contributed by atoms with Gasteiger partial charge in [-0.3, -0.25) is 4.90 Å². The monoisotopic (exact) mass is 246 g/mol. The third kappa shape index (κ3) is 9.53. The summed E-state index contributed by atoms with van der Waals surface area (Å²) in [6.07, 6.45) is 3.50. The molecule has 0 fully saturated rings. The molecule has 0 aromatic carbocycles. The topological polar surface area (TPSA) is 47.7 Å². The van der Waals surface area contributed by atoms with Gasteiger partial charge in [-0.2, -0.15) is 0 Å². The first-order chi connectivity index (χ1) is 8.11. The summed E-state index contributed by atoms with van der Waals surface area (Å²) in [7, 11) is 3.50. The molecule has 0 bridgehead atoms. The van der Waals surface area contributed by atoms with E-state index >= 15 is 0 Å². The predicted molar refractivity (Wildman–Crippen MR) is 72.3 cm³/mol. The molecular formula is C13H30N2O2. The number of methoxy groups -OCH3 is 2. The van der Waals surface area contributed by atoms with E-state index in [2.05, 4.69) is 18.7 Å². The van der Waals surface area contributed by atoms with E-state index in [0.717, 1.165) is 32.7 Å². The van der Waals surface area contributed by atoms with Gasteiger partial charge >= 0.3 is 0 Å². The molecule has 0 aliphatic rings. The molecule has 4 nitrogen and oxygen atoms in total. The molecule has 0 aromatic heterocycles. The van der Waals surface area contributed by atoms with Gasteiger partial charge in [0.2, 0.25) is 0 Å². The van der Waals surface area contributed by atoms with Gasteiger partial charge in [-0.1, -0.05) is 6.42 Å². The van der Waals surface area contributed by atoms with Gasteiger partial charge < -0.3 is 15.2 Å². The minimum Gasteiger partial charge on any atom is -0.383 e. The van der Waals surface area contributed by atoms with Crippen LogP contribution in [0.15, 0.2) is 0 Å². The Kier molecular flexibility index (Phi) is 10.9. The zero-order valence-electron chi connectivity index (χ0n) is 11.9. The van der Waals surface area contributed by atoms with Crippen LogP contribution >= 0.6 is 0 Å². The molecule has 0 saturated heterocycles. The van der Waals surface area contributed by atoms with Crippen LogP contribution in [-0.4, -0.2) is 57.5 Å². The summed E-state index contributed by atoms with van der Waals surface area (Å²) in [5.74, 6) is 0. The van der Waals surface area contributed by atoms with Gasteiger partial charge in [-0.15, -0.1) is 0 Å². The fraction of sp³-hybridized carbons (Fsp3) is 1.00. The van der Waals surface area contributed by atoms with E-state index in [1.807, 2.05) is 0 Å². The molecule has 17 heavy (non-hydrogen) atoms. The second-order valence-electron chi connectivity index (χ2n) is 4.81. The van der Waals surface area contributed by atoms with Crippen LogP contribution in [0.3, 0.4) is 0 Å². The lowest BCUT2D eigenvalue weighted by Crippen LogP contribution is -2.39. The van der Waals surface area contributed by atoms with Crippen LogP contribution in [0.2, 0.25) is 0 Å². The standard InChI is InChI=1S/C13H30N2O2/c1-12(14)7-5-6-8-15(9-10-16-3)13(2)11-17-4/h12-13H,5-11,14H2,1-4H3. The van der Waals surface area contributed by atoms with Crippen LogP contribution in [0.5, 0.6) is 0 Å². The van der Waals surface area contributed by atoms with Crippen molar-refractivity contribution < 1.29 is 9.47 Å². The van der Waals surface area contributed by atoms with Gasteiger partial charge in [0, 0.05) is 32.8 Å². The van der Waals surface area contributed by atoms with Crippen molar-refractivity contribution in [1.29, 1.82) is 0 Å². The maximum Gasteiger partial charge on any atom is 0.0615 e. The fourth-order valence-corrected chi connectivity index (χ4v) is 1.89. The number of unbranched alkanes of at least 4 members (excludes halogenated alkanes) is 1. The van der Waals surface area contributed by atoms with Crippen molar-refractivity contribution in [3.05, 3.63) is 0 Å². The molecule has 2 N–H and O–H groups in total. The Morgan fingerprint density at radius 1 is 1.06 bits per heavy atom. The fourth-order valence-electron chi connectivity index (χ4n) is 1.89. The van der Waals surface area contributed by atoms with Gasteiger partial charge in [-0.25, -0.2) is 0 Å². The van der Waals surface area contributed by atoms with Gasteiger partial charge in [0.15, 0.2) is 0 Å². The zero-order valence-corrected chi connectivity index (χ0v) is 11.9. The Balaban J connectivity index is 3.83. The average Bonchev–Trinajstić information content (AvgIpc) is 2.28. The minimum atomic E-state index is 0.318. The summed E-state index contributed by atoms with van der Waals surface area (Å²) in [5.41, 5.74) is 5.74. The number of ether oxygens (including phenoxy) is 2. The van der Waals surface area contributed by atoms with Gasteiger partial charge in [0.05, 0.1) is 13.2 Å². The predicted octanol–water partition coefficient (Wildman–Crippen LogP) is 1.49. The summed E-state index contributed by atoms with van der Waals surface area (Å²) in [5, 5.41) is 0. The highest BCUT2D eigenvalue weighted by Gasteiger charge is 2.12. The second kappa shape index (κ2) is 11.0. The van der Waals surface area contributed by atoms with E-state index < -0.39 is 0 Å². The Morgan fingerprint density at radius 3 is 2.29 bits per heavy atom. The summed E-state index contributed by atoms with van der Waals surface area (Å²) < 4.78 is 10.3. The minimum absolute atomic E-state index is 0.318. The van der Waals surface area contributed by atoms with Crippen LogP contribution in [0.1, 0.15) is 33.1 Å². The SMILES string of the molecule is COCCN(CCCCC(C)N)C(C)COC. The van der Waals surface area contributed by atoms with Gasteiger partial charge in [-0.05, 0) is 33.2 Å². The molecule has 4 heteroatoms. The Bertz CT molecular complexity index is 165. The number of rotatable bonds is 11. The maximum absolute atomic E-state index is 5.74. The van der Waals surface area contributed by atoms with E-state index in [4.69, 9.17) is 15.2 Å².